The van der Waals surface area contributed by atoms with Gasteiger partial charge in [-0.05, 0) is 63.6 Å². The third-order valence-corrected chi connectivity index (χ3v) is 6.18. The SMILES string of the molecule is O=C(NCCOC(=O)Nc1cccc2ccccc12)NCCc1ccc(NC(=O)c2ccccn2)c(Br)c1. The van der Waals surface area contributed by atoms with Crippen LogP contribution in [0.25, 0.3) is 10.8 Å². The fourth-order valence-corrected chi connectivity index (χ4v) is 4.20. The van der Waals surface area contributed by atoms with Crippen LogP contribution in [0.5, 0.6) is 0 Å². The van der Waals surface area contributed by atoms with E-state index in [1.165, 1.54) is 0 Å². The molecule has 0 unspecified atom stereocenters. The molecule has 0 spiro atoms. The smallest absolute Gasteiger partial charge is 0.411 e. The standard InChI is InChI=1S/C28H26BrN5O4/c29-22-18-19(11-12-24(22)33-26(35)25-9-3-4-14-30-25)13-15-31-27(36)32-16-17-38-28(37)34-23-10-5-7-20-6-1-2-8-21(20)23/h1-12,14,18H,13,15-17H2,(H,33,35)(H,34,37)(H2,31,32,36). The lowest BCUT2D eigenvalue weighted by atomic mass is 10.1. The molecule has 38 heavy (non-hydrogen) atoms. The molecule has 0 aliphatic rings. The van der Waals surface area contributed by atoms with E-state index in [0.29, 0.717) is 30.0 Å². The number of nitrogens with zero attached hydrogens (tertiary/aromatic N) is 1. The fraction of sp³-hybridized carbons (Fsp3) is 0.143. The summed E-state index contributed by atoms with van der Waals surface area (Å²) in [6, 6.07) is 23.7. The zero-order valence-corrected chi connectivity index (χ0v) is 22.0. The number of anilines is 2. The number of pyridine rings is 1. The molecular formula is C28H26BrN5O4. The number of halogens is 1. The molecule has 4 rings (SSSR count). The molecule has 0 fully saturated rings. The van der Waals surface area contributed by atoms with E-state index in [0.717, 1.165) is 20.8 Å². The molecule has 4 N–H and O–H groups in total. The van der Waals surface area contributed by atoms with Crippen LogP contribution in [0, 0.1) is 0 Å². The van der Waals surface area contributed by atoms with Gasteiger partial charge < -0.3 is 20.7 Å². The number of amides is 4. The molecule has 0 aliphatic heterocycles. The Balaban J connectivity index is 1.13. The first kappa shape index (κ1) is 26.6. The summed E-state index contributed by atoms with van der Waals surface area (Å²) in [5.41, 5.74) is 2.59. The third-order valence-electron chi connectivity index (χ3n) is 5.53. The van der Waals surface area contributed by atoms with Crippen LogP contribution in [-0.4, -0.2) is 42.7 Å². The van der Waals surface area contributed by atoms with Crippen molar-refractivity contribution in [2.45, 2.75) is 6.42 Å². The summed E-state index contributed by atoms with van der Waals surface area (Å²) < 4.78 is 5.89. The van der Waals surface area contributed by atoms with Crippen molar-refractivity contribution in [1.29, 1.82) is 0 Å². The van der Waals surface area contributed by atoms with Crippen LogP contribution in [0.2, 0.25) is 0 Å². The summed E-state index contributed by atoms with van der Waals surface area (Å²) in [5.74, 6) is -0.299. The molecule has 0 saturated heterocycles. The first-order valence-corrected chi connectivity index (χ1v) is 12.7. The van der Waals surface area contributed by atoms with Gasteiger partial charge in [-0.2, -0.15) is 0 Å². The average Bonchev–Trinajstić information content (AvgIpc) is 2.93. The van der Waals surface area contributed by atoms with E-state index in [-0.39, 0.29) is 25.1 Å². The monoisotopic (exact) mass is 575 g/mol. The van der Waals surface area contributed by atoms with Crippen LogP contribution in [0.4, 0.5) is 21.0 Å². The van der Waals surface area contributed by atoms with Crippen LogP contribution in [0.15, 0.2) is 89.5 Å². The second-order valence-corrected chi connectivity index (χ2v) is 9.06. The van der Waals surface area contributed by atoms with Crippen molar-refractivity contribution >= 4 is 56.1 Å². The van der Waals surface area contributed by atoms with Crippen molar-refractivity contribution in [3.8, 4) is 0 Å². The molecule has 0 aliphatic carbocycles. The minimum Gasteiger partial charge on any atom is -0.447 e. The summed E-state index contributed by atoms with van der Waals surface area (Å²) in [7, 11) is 0. The van der Waals surface area contributed by atoms with E-state index in [2.05, 4.69) is 42.2 Å². The van der Waals surface area contributed by atoms with E-state index in [1.54, 1.807) is 36.5 Å². The van der Waals surface area contributed by atoms with Crippen LogP contribution >= 0.6 is 15.9 Å². The van der Waals surface area contributed by atoms with Crippen molar-refractivity contribution in [2.75, 3.05) is 30.3 Å². The van der Waals surface area contributed by atoms with Gasteiger partial charge in [0, 0.05) is 22.6 Å². The number of rotatable bonds is 9. The normalized spacial score (nSPS) is 10.4. The zero-order chi connectivity index (χ0) is 26.7. The number of urea groups is 1. The van der Waals surface area contributed by atoms with Crippen molar-refractivity contribution in [3.63, 3.8) is 0 Å². The number of ether oxygens (including phenoxy) is 1. The highest BCUT2D eigenvalue weighted by molar-refractivity contribution is 9.10. The number of nitrogens with one attached hydrogen (secondary N) is 4. The maximum Gasteiger partial charge on any atom is 0.411 e. The number of fused-ring (bicyclic) bond motifs is 1. The number of hydrogen-bond acceptors (Lipinski definition) is 5. The first-order chi connectivity index (χ1) is 18.5. The highest BCUT2D eigenvalue weighted by Crippen LogP contribution is 2.25. The van der Waals surface area contributed by atoms with E-state index in [1.807, 2.05) is 48.5 Å². The molecule has 10 heteroatoms. The Labute approximate surface area is 228 Å². The van der Waals surface area contributed by atoms with E-state index >= 15 is 0 Å². The molecule has 0 saturated carbocycles. The Bertz CT molecular complexity index is 1430. The first-order valence-electron chi connectivity index (χ1n) is 11.9. The van der Waals surface area contributed by atoms with Crippen LogP contribution < -0.4 is 21.3 Å². The lowest BCUT2D eigenvalue weighted by Gasteiger charge is -2.11. The Morgan fingerprint density at radius 3 is 2.42 bits per heavy atom. The maximum atomic E-state index is 12.3. The van der Waals surface area contributed by atoms with E-state index < -0.39 is 6.09 Å². The molecule has 0 atom stereocenters. The summed E-state index contributed by atoms with van der Waals surface area (Å²) in [5, 5.41) is 12.9. The molecule has 4 amide bonds. The molecule has 4 aromatic rings. The fourth-order valence-electron chi connectivity index (χ4n) is 3.67. The van der Waals surface area contributed by atoms with Crippen molar-refractivity contribution in [3.05, 3.63) is 101 Å². The van der Waals surface area contributed by atoms with Gasteiger partial charge in [-0.1, -0.05) is 48.5 Å². The van der Waals surface area contributed by atoms with Crippen molar-refractivity contribution in [1.82, 2.24) is 15.6 Å². The zero-order valence-electron chi connectivity index (χ0n) is 20.4. The Morgan fingerprint density at radius 1 is 0.816 bits per heavy atom. The number of aromatic nitrogens is 1. The minimum absolute atomic E-state index is 0.0304. The highest BCUT2D eigenvalue weighted by atomic mass is 79.9. The largest absolute Gasteiger partial charge is 0.447 e. The topological polar surface area (TPSA) is 121 Å². The molecule has 194 valence electrons. The average molecular weight is 576 g/mol. The van der Waals surface area contributed by atoms with E-state index in [4.69, 9.17) is 4.74 Å². The Hall–Kier alpha value is -4.44. The number of carbonyl (C=O) groups is 3. The second kappa shape index (κ2) is 13.2. The molecule has 9 nitrogen and oxygen atoms in total. The molecule has 1 aromatic heterocycles. The van der Waals surface area contributed by atoms with Crippen molar-refractivity contribution in [2.24, 2.45) is 0 Å². The molecule has 3 aromatic carbocycles. The van der Waals surface area contributed by atoms with Crippen LogP contribution in [0.3, 0.4) is 0 Å². The summed E-state index contributed by atoms with van der Waals surface area (Å²) in [6.45, 7) is 0.605. The van der Waals surface area contributed by atoms with Gasteiger partial charge in [0.05, 0.1) is 17.9 Å². The van der Waals surface area contributed by atoms with Gasteiger partial charge >= 0.3 is 12.1 Å². The second-order valence-electron chi connectivity index (χ2n) is 8.20. The lowest BCUT2D eigenvalue weighted by molar-refractivity contribution is 0.102. The molecule has 0 bridgehead atoms. The number of hydrogen-bond donors (Lipinski definition) is 4. The Morgan fingerprint density at radius 2 is 1.61 bits per heavy atom. The van der Waals surface area contributed by atoms with Crippen LogP contribution in [-0.2, 0) is 11.2 Å². The van der Waals surface area contributed by atoms with Crippen molar-refractivity contribution < 1.29 is 19.1 Å². The third kappa shape index (κ3) is 7.53. The number of benzene rings is 3. The Kier molecular flexibility index (Phi) is 9.25. The van der Waals surface area contributed by atoms with Crippen LogP contribution in [0.1, 0.15) is 16.1 Å². The highest BCUT2D eigenvalue weighted by Gasteiger charge is 2.10. The summed E-state index contributed by atoms with van der Waals surface area (Å²) >= 11 is 3.47. The molecular weight excluding hydrogens is 550 g/mol. The molecule has 0 radical (unpaired) electrons. The van der Waals surface area contributed by atoms with E-state index in [9.17, 15) is 14.4 Å². The van der Waals surface area contributed by atoms with Gasteiger partial charge in [0.2, 0.25) is 0 Å². The van der Waals surface area contributed by atoms with Gasteiger partial charge in [0.1, 0.15) is 12.3 Å². The van der Waals surface area contributed by atoms with Gasteiger partial charge in [0.25, 0.3) is 5.91 Å². The molecule has 1 heterocycles. The van der Waals surface area contributed by atoms with Gasteiger partial charge in [-0.15, -0.1) is 0 Å². The lowest BCUT2D eigenvalue weighted by Crippen LogP contribution is -2.38. The number of carbonyl (C=O) groups excluding carboxylic acids is 3. The summed E-state index contributed by atoms with van der Waals surface area (Å²) in [6.07, 6.45) is 1.56. The van der Waals surface area contributed by atoms with Gasteiger partial charge in [-0.25, -0.2) is 9.59 Å². The van der Waals surface area contributed by atoms with Gasteiger partial charge in [0.15, 0.2) is 0 Å². The quantitative estimate of drug-likeness (QED) is 0.201. The maximum absolute atomic E-state index is 12.3. The predicted octanol–water partition coefficient (Wildman–Crippen LogP) is 5.34. The summed E-state index contributed by atoms with van der Waals surface area (Å²) in [4.78, 5) is 40.5. The predicted molar refractivity (Wildman–Crippen MR) is 150 cm³/mol. The van der Waals surface area contributed by atoms with Gasteiger partial charge in [-0.3, -0.25) is 15.1 Å². The minimum atomic E-state index is -0.589.